The molecule has 5 rings (SSSR count). The van der Waals surface area contributed by atoms with E-state index in [1.165, 1.54) is 24.8 Å². The normalized spacial score (nSPS) is 15.4. The predicted octanol–water partition coefficient (Wildman–Crippen LogP) is 4.58. The largest absolute Gasteiger partial charge is 0.349 e. The molecule has 1 aliphatic carbocycles. The van der Waals surface area contributed by atoms with Crippen LogP contribution in [0.5, 0.6) is 0 Å². The van der Waals surface area contributed by atoms with Crippen LogP contribution >= 0.6 is 0 Å². The third-order valence-electron chi connectivity index (χ3n) is 5.70. The molecular formula is C24H22N3+. The molecule has 0 bridgehead atoms. The van der Waals surface area contributed by atoms with E-state index in [0.29, 0.717) is 0 Å². The Morgan fingerprint density at radius 1 is 0.630 bits per heavy atom. The fourth-order valence-electron chi connectivity index (χ4n) is 3.87. The van der Waals surface area contributed by atoms with Gasteiger partial charge in [-0.05, 0) is 18.6 Å². The monoisotopic (exact) mass is 352 g/mol. The molecule has 3 heteroatoms. The SMILES string of the molecule is [NH3+]C1(c2ccc(-c3nc4ccccc4nc3-c3ccccc3)cc2)CCC1. The molecular weight excluding hydrogens is 330 g/mol. The maximum absolute atomic E-state index is 4.97. The molecule has 1 saturated carbocycles. The van der Waals surface area contributed by atoms with Crippen LogP contribution in [0.15, 0.2) is 78.9 Å². The highest BCUT2D eigenvalue weighted by Gasteiger charge is 2.38. The van der Waals surface area contributed by atoms with Gasteiger partial charge in [-0.1, -0.05) is 66.7 Å². The average Bonchev–Trinajstić information content (AvgIpc) is 2.72. The molecule has 1 fully saturated rings. The quantitative estimate of drug-likeness (QED) is 0.586. The van der Waals surface area contributed by atoms with Gasteiger partial charge in [0.05, 0.1) is 22.4 Å². The van der Waals surface area contributed by atoms with Crippen molar-refractivity contribution in [1.82, 2.24) is 9.97 Å². The second-order valence-electron chi connectivity index (χ2n) is 7.49. The second kappa shape index (κ2) is 6.29. The van der Waals surface area contributed by atoms with Gasteiger partial charge >= 0.3 is 0 Å². The minimum atomic E-state index is 0.107. The third kappa shape index (κ3) is 2.81. The van der Waals surface area contributed by atoms with Gasteiger partial charge in [0.1, 0.15) is 5.54 Å². The Kier molecular flexibility index (Phi) is 3.76. The molecule has 3 N–H and O–H groups in total. The van der Waals surface area contributed by atoms with Crippen LogP contribution in [0, 0.1) is 0 Å². The van der Waals surface area contributed by atoms with Gasteiger partial charge < -0.3 is 5.73 Å². The Hall–Kier alpha value is -3.04. The van der Waals surface area contributed by atoms with Gasteiger partial charge in [-0.2, -0.15) is 0 Å². The molecule has 1 aromatic heterocycles. The van der Waals surface area contributed by atoms with E-state index in [-0.39, 0.29) is 5.54 Å². The van der Waals surface area contributed by atoms with E-state index in [1.54, 1.807) is 0 Å². The summed E-state index contributed by atoms with van der Waals surface area (Å²) >= 11 is 0. The van der Waals surface area contributed by atoms with Crippen molar-refractivity contribution < 1.29 is 5.73 Å². The summed E-state index contributed by atoms with van der Waals surface area (Å²) in [6, 6.07) is 27.1. The van der Waals surface area contributed by atoms with Crippen molar-refractivity contribution in [1.29, 1.82) is 0 Å². The van der Waals surface area contributed by atoms with Gasteiger partial charge in [-0.15, -0.1) is 0 Å². The highest BCUT2D eigenvalue weighted by Crippen LogP contribution is 2.38. The van der Waals surface area contributed by atoms with E-state index < -0.39 is 0 Å². The molecule has 0 radical (unpaired) electrons. The lowest BCUT2D eigenvalue weighted by Crippen LogP contribution is -2.73. The van der Waals surface area contributed by atoms with Gasteiger partial charge in [0.25, 0.3) is 0 Å². The summed E-state index contributed by atoms with van der Waals surface area (Å²) in [5, 5.41) is 0. The Morgan fingerprint density at radius 2 is 1.15 bits per heavy atom. The number of rotatable bonds is 3. The van der Waals surface area contributed by atoms with Gasteiger partial charge in [0.2, 0.25) is 0 Å². The molecule has 4 aromatic rings. The van der Waals surface area contributed by atoms with Crippen molar-refractivity contribution in [3.63, 3.8) is 0 Å². The number of aromatic nitrogens is 2. The number of hydrogen-bond acceptors (Lipinski definition) is 2. The molecule has 27 heavy (non-hydrogen) atoms. The van der Waals surface area contributed by atoms with Gasteiger partial charge in [0.15, 0.2) is 0 Å². The van der Waals surface area contributed by atoms with Gasteiger partial charge in [0, 0.05) is 29.5 Å². The minimum absolute atomic E-state index is 0.107. The van der Waals surface area contributed by atoms with Crippen LogP contribution in [-0.2, 0) is 5.54 Å². The minimum Gasteiger partial charge on any atom is -0.349 e. The van der Waals surface area contributed by atoms with Crippen LogP contribution in [0.25, 0.3) is 33.5 Å². The number of hydrogen-bond donors (Lipinski definition) is 1. The van der Waals surface area contributed by atoms with Gasteiger partial charge in [-0.25, -0.2) is 9.97 Å². The molecule has 3 aromatic carbocycles. The topological polar surface area (TPSA) is 53.4 Å². The first-order valence-electron chi connectivity index (χ1n) is 9.51. The van der Waals surface area contributed by atoms with Crippen molar-refractivity contribution in [2.45, 2.75) is 24.8 Å². The first-order chi connectivity index (χ1) is 13.2. The van der Waals surface area contributed by atoms with Crippen molar-refractivity contribution in [2.75, 3.05) is 0 Å². The fourth-order valence-corrected chi connectivity index (χ4v) is 3.87. The predicted molar refractivity (Wildman–Crippen MR) is 109 cm³/mol. The van der Waals surface area contributed by atoms with Gasteiger partial charge in [-0.3, -0.25) is 0 Å². The first-order valence-corrected chi connectivity index (χ1v) is 9.51. The molecule has 0 spiro atoms. The molecule has 0 atom stereocenters. The van der Waals surface area contributed by atoms with Crippen molar-refractivity contribution in [2.24, 2.45) is 0 Å². The molecule has 1 aliphatic rings. The van der Waals surface area contributed by atoms with Crippen molar-refractivity contribution >= 4 is 11.0 Å². The molecule has 1 heterocycles. The molecule has 0 aliphatic heterocycles. The number of para-hydroxylation sites is 2. The van der Waals surface area contributed by atoms with Crippen LogP contribution in [-0.4, -0.2) is 9.97 Å². The summed E-state index contributed by atoms with van der Waals surface area (Å²) in [4.78, 5) is 9.92. The Labute approximate surface area is 158 Å². The van der Waals surface area contributed by atoms with E-state index in [1.807, 2.05) is 42.5 Å². The fraction of sp³-hybridized carbons (Fsp3) is 0.167. The van der Waals surface area contributed by atoms with Crippen molar-refractivity contribution in [3.05, 3.63) is 84.4 Å². The Bertz CT molecular complexity index is 1100. The molecule has 0 unspecified atom stereocenters. The van der Waals surface area contributed by atoms with Crippen LogP contribution in [0.1, 0.15) is 24.8 Å². The third-order valence-corrected chi connectivity index (χ3v) is 5.70. The highest BCUT2D eigenvalue weighted by molar-refractivity contribution is 5.86. The summed E-state index contributed by atoms with van der Waals surface area (Å²) in [6.45, 7) is 0. The van der Waals surface area contributed by atoms with Crippen molar-refractivity contribution in [3.8, 4) is 22.5 Å². The smallest absolute Gasteiger partial charge is 0.120 e. The zero-order valence-electron chi connectivity index (χ0n) is 15.2. The van der Waals surface area contributed by atoms with Crippen LogP contribution in [0.3, 0.4) is 0 Å². The number of fused-ring (bicyclic) bond motifs is 1. The second-order valence-corrected chi connectivity index (χ2v) is 7.49. The maximum atomic E-state index is 4.97. The summed E-state index contributed by atoms with van der Waals surface area (Å²) in [7, 11) is 0. The van der Waals surface area contributed by atoms with E-state index in [9.17, 15) is 0 Å². The average molecular weight is 352 g/mol. The summed E-state index contributed by atoms with van der Waals surface area (Å²) in [5.74, 6) is 0. The molecule has 0 saturated heterocycles. The standard InChI is InChI=1S/C24H21N3/c25-24(15-6-16-24)19-13-11-18(12-14-19)23-22(17-7-2-1-3-8-17)26-20-9-4-5-10-21(20)27-23/h1-5,7-14H,6,15-16,25H2/p+1. The zero-order chi connectivity index (χ0) is 18.3. The van der Waals surface area contributed by atoms with Crippen LogP contribution < -0.4 is 5.73 Å². The molecule has 0 amide bonds. The summed E-state index contributed by atoms with van der Waals surface area (Å²) < 4.78 is 0. The Morgan fingerprint density at radius 3 is 1.67 bits per heavy atom. The number of nitrogens with zero attached hydrogens (tertiary/aromatic N) is 2. The van der Waals surface area contributed by atoms with E-state index in [2.05, 4.69) is 42.1 Å². The van der Waals surface area contributed by atoms with E-state index in [4.69, 9.17) is 9.97 Å². The van der Waals surface area contributed by atoms with E-state index in [0.717, 1.165) is 33.5 Å². The van der Waals surface area contributed by atoms with Crippen LogP contribution in [0.2, 0.25) is 0 Å². The lowest BCUT2D eigenvalue weighted by molar-refractivity contribution is -0.509. The zero-order valence-corrected chi connectivity index (χ0v) is 15.2. The molecule has 132 valence electrons. The lowest BCUT2D eigenvalue weighted by Gasteiger charge is -2.34. The number of benzene rings is 3. The highest BCUT2D eigenvalue weighted by atomic mass is 14.8. The summed E-state index contributed by atoms with van der Waals surface area (Å²) in [6.07, 6.45) is 3.63. The lowest BCUT2D eigenvalue weighted by atomic mass is 9.72. The summed E-state index contributed by atoms with van der Waals surface area (Å²) in [5.41, 5.74) is 11.7. The first kappa shape index (κ1) is 16.2. The van der Waals surface area contributed by atoms with Crippen LogP contribution in [0.4, 0.5) is 0 Å². The number of quaternary nitrogens is 1. The Balaban J connectivity index is 1.67. The molecule has 3 nitrogen and oxygen atoms in total. The van der Waals surface area contributed by atoms with E-state index >= 15 is 0 Å². The maximum Gasteiger partial charge on any atom is 0.120 e.